The second-order valence-corrected chi connectivity index (χ2v) is 2.53. The average molecular weight is 206 g/mol. The first-order valence-corrected chi connectivity index (χ1v) is 4.11. The van der Waals surface area contributed by atoms with E-state index >= 15 is 0 Å². The summed E-state index contributed by atoms with van der Waals surface area (Å²) in [6.45, 7) is 3.47. The predicted octanol–water partition coefficient (Wildman–Crippen LogP) is -0.539. The number of aromatic amines is 1. The molecule has 1 aromatic rings. The topological polar surface area (TPSA) is 86.9 Å². The van der Waals surface area contributed by atoms with E-state index in [0.29, 0.717) is 5.82 Å². The van der Waals surface area contributed by atoms with E-state index in [2.05, 4.69) is 27.2 Å². The molecule has 2 heterocycles. The molecule has 0 radical (unpaired) electrons. The third kappa shape index (κ3) is 4.41. The van der Waals surface area contributed by atoms with E-state index in [1.165, 1.54) is 18.5 Å². The number of H-pyrrole nitrogens is 1. The highest BCUT2D eigenvalue weighted by Crippen LogP contribution is 1.84. The van der Waals surface area contributed by atoms with Crippen LogP contribution in [0.1, 0.15) is 0 Å². The van der Waals surface area contributed by atoms with Crippen LogP contribution >= 0.6 is 0 Å². The zero-order valence-corrected chi connectivity index (χ0v) is 7.86. The highest BCUT2D eigenvalue weighted by Gasteiger charge is 1.99. The quantitative estimate of drug-likeness (QED) is 0.532. The fraction of sp³-hybridized carbons (Fsp3) is 0. The summed E-state index contributed by atoms with van der Waals surface area (Å²) in [5.74, 6) is 0.395. The Kier molecular flexibility index (Phi) is 3.84. The van der Waals surface area contributed by atoms with Crippen LogP contribution in [0.3, 0.4) is 0 Å². The van der Waals surface area contributed by atoms with E-state index in [-0.39, 0.29) is 11.6 Å². The van der Waals surface area contributed by atoms with Gasteiger partial charge in [0.1, 0.15) is 5.82 Å². The Bertz CT molecular complexity index is 418. The molecule has 0 bridgehead atoms. The van der Waals surface area contributed by atoms with Crippen LogP contribution in [-0.4, -0.2) is 15.9 Å². The minimum Gasteiger partial charge on any atom is -0.348 e. The van der Waals surface area contributed by atoms with E-state index in [1.54, 1.807) is 12.3 Å². The number of aromatic nitrogens is 2. The number of rotatable bonds is 0. The van der Waals surface area contributed by atoms with Crippen LogP contribution in [0.4, 0.5) is 0 Å². The first-order valence-electron chi connectivity index (χ1n) is 4.11. The number of amides is 1. The Hall–Kier alpha value is -2.37. The van der Waals surface area contributed by atoms with Gasteiger partial charge in [-0.2, -0.15) is 0 Å². The molecule has 6 nitrogen and oxygen atoms in total. The first kappa shape index (κ1) is 10.7. The summed E-state index contributed by atoms with van der Waals surface area (Å²) in [5.41, 5.74) is -0.303. The minimum atomic E-state index is -0.303. The third-order valence-corrected chi connectivity index (χ3v) is 1.35. The van der Waals surface area contributed by atoms with Crippen molar-refractivity contribution < 1.29 is 4.79 Å². The fourth-order valence-corrected chi connectivity index (χ4v) is 0.755. The Morgan fingerprint density at radius 1 is 1.33 bits per heavy atom. The maximum atomic E-state index is 10.4. The molecule has 0 spiro atoms. The lowest BCUT2D eigenvalue weighted by Gasteiger charge is -2.08. The molecule has 1 aliphatic heterocycles. The summed E-state index contributed by atoms with van der Waals surface area (Å²) in [4.78, 5) is 26.2. The van der Waals surface area contributed by atoms with Gasteiger partial charge in [0.15, 0.2) is 0 Å². The number of carbonyl (C=O) groups excluding carboxylic acids is 1. The molecule has 6 heteroatoms. The summed E-state index contributed by atoms with van der Waals surface area (Å²) < 4.78 is 0. The molecule has 0 fully saturated rings. The molecule has 3 N–H and O–H groups in total. The molecule has 0 saturated carbocycles. The summed E-state index contributed by atoms with van der Waals surface area (Å²) >= 11 is 0. The van der Waals surface area contributed by atoms with Crippen LogP contribution in [-0.2, 0) is 4.79 Å². The molecule has 0 aromatic carbocycles. The summed E-state index contributed by atoms with van der Waals surface area (Å²) in [5, 5.41) is 5.15. The van der Waals surface area contributed by atoms with Crippen LogP contribution in [0.5, 0.6) is 0 Å². The third-order valence-electron chi connectivity index (χ3n) is 1.35. The summed E-state index contributed by atoms with van der Waals surface area (Å²) in [7, 11) is 0. The molecular formula is C9H10N4O2. The van der Waals surface area contributed by atoms with Crippen LogP contribution in [0.15, 0.2) is 47.9 Å². The Morgan fingerprint density at radius 2 is 2.13 bits per heavy atom. The van der Waals surface area contributed by atoms with Gasteiger partial charge in [0.2, 0.25) is 0 Å². The van der Waals surface area contributed by atoms with Gasteiger partial charge in [0.05, 0.1) is 0 Å². The van der Waals surface area contributed by atoms with Crippen molar-refractivity contribution >= 4 is 5.91 Å². The first-order chi connectivity index (χ1) is 7.18. The van der Waals surface area contributed by atoms with E-state index < -0.39 is 0 Å². The molecule has 78 valence electrons. The minimum absolute atomic E-state index is 0.131. The van der Waals surface area contributed by atoms with Crippen LogP contribution in [0.25, 0.3) is 0 Å². The smallest absolute Gasteiger partial charge is 0.344 e. The molecule has 0 saturated heterocycles. The maximum absolute atomic E-state index is 10.4. The van der Waals surface area contributed by atoms with Crippen LogP contribution in [0.2, 0.25) is 0 Å². The van der Waals surface area contributed by atoms with Crippen LogP contribution < -0.4 is 16.3 Å². The number of hydrogen-bond donors (Lipinski definition) is 3. The molecule has 1 amide bonds. The molecule has 2 rings (SSSR count). The molecule has 1 aromatic heterocycles. The number of hydrogen-bond acceptors (Lipinski definition) is 4. The SMILES string of the molecule is C=C1NC=CC(=O)N1.O=c1nccc[nH]1. The normalized spacial score (nSPS) is 13.3. The van der Waals surface area contributed by atoms with E-state index in [4.69, 9.17) is 0 Å². The summed E-state index contributed by atoms with van der Waals surface area (Å²) in [6.07, 6.45) is 5.92. The summed E-state index contributed by atoms with van der Waals surface area (Å²) in [6, 6.07) is 1.65. The van der Waals surface area contributed by atoms with E-state index in [1.807, 2.05) is 0 Å². The van der Waals surface area contributed by atoms with Gasteiger partial charge in [0, 0.05) is 24.7 Å². The van der Waals surface area contributed by atoms with Gasteiger partial charge >= 0.3 is 5.69 Å². The second-order valence-electron chi connectivity index (χ2n) is 2.53. The highest BCUT2D eigenvalue weighted by molar-refractivity contribution is 5.89. The average Bonchev–Trinajstić information content (AvgIpc) is 2.19. The number of carbonyl (C=O) groups is 1. The monoisotopic (exact) mass is 206 g/mol. The van der Waals surface area contributed by atoms with Crippen molar-refractivity contribution in [3.05, 3.63) is 53.6 Å². The fourth-order valence-electron chi connectivity index (χ4n) is 0.755. The van der Waals surface area contributed by atoms with Crippen molar-refractivity contribution in [1.29, 1.82) is 0 Å². The van der Waals surface area contributed by atoms with Crippen molar-refractivity contribution in [1.82, 2.24) is 20.6 Å². The molecule has 15 heavy (non-hydrogen) atoms. The molecule has 0 aliphatic carbocycles. The number of nitrogens with zero attached hydrogens (tertiary/aromatic N) is 1. The lowest BCUT2D eigenvalue weighted by Crippen LogP contribution is -2.30. The van der Waals surface area contributed by atoms with Crippen molar-refractivity contribution in [2.45, 2.75) is 0 Å². The Balaban J connectivity index is 0.000000151. The zero-order valence-electron chi connectivity index (χ0n) is 7.86. The Labute approximate surface area is 85.7 Å². The van der Waals surface area contributed by atoms with E-state index in [0.717, 1.165) is 0 Å². The van der Waals surface area contributed by atoms with E-state index in [9.17, 15) is 9.59 Å². The Morgan fingerprint density at radius 3 is 2.47 bits per heavy atom. The van der Waals surface area contributed by atoms with Gasteiger partial charge in [-0.1, -0.05) is 6.58 Å². The maximum Gasteiger partial charge on any atom is 0.344 e. The van der Waals surface area contributed by atoms with Crippen LogP contribution in [0, 0.1) is 0 Å². The molecule has 0 atom stereocenters. The standard InChI is InChI=1S/C5H6N2O.C4H4N2O/c1-4-6-3-2-5(8)7-4;7-4-5-2-1-3-6-4/h2-3,6H,1H2,(H,7,8);1-3H,(H,5,6,7). The lowest BCUT2D eigenvalue weighted by atomic mass is 10.5. The lowest BCUT2D eigenvalue weighted by molar-refractivity contribution is -0.116. The van der Waals surface area contributed by atoms with Gasteiger partial charge in [-0.15, -0.1) is 0 Å². The van der Waals surface area contributed by atoms with Gasteiger partial charge < -0.3 is 15.6 Å². The largest absolute Gasteiger partial charge is 0.348 e. The number of nitrogens with one attached hydrogen (secondary N) is 3. The van der Waals surface area contributed by atoms with Gasteiger partial charge in [-0.3, -0.25) is 4.79 Å². The molecule has 1 aliphatic rings. The van der Waals surface area contributed by atoms with Crippen molar-refractivity contribution in [3.8, 4) is 0 Å². The van der Waals surface area contributed by atoms with Gasteiger partial charge in [-0.25, -0.2) is 9.78 Å². The van der Waals surface area contributed by atoms with Crippen molar-refractivity contribution in [3.63, 3.8) is 0 Å². The predicted molar refractivity (Wildman–Crippen MR) is 54.4 cm³/mol. The van der Waals surface area contributed by atoms with Gasteiger partial charge in [0.25, 0.3) is 5.91 Å². The van der Waals surface area contributed by atoms with Gasteiger partial charge in [-0.05, 0) is 6.07 Å². The van der Waals surface area contributed by atoms with Crippen molar-refractivity contribution in [2.24, 2.45) is 0 Å². The molecular weight excluding hydrogens is 196 g/mol. The zero-order chi connectivity index (χ0) is 11.1. The second kappa shape index (κ2) is 5.38. The highest BCUT2D eigenvalue weighted by atomic mass is 16.1. The van der Waals surface area contributed by atoms with Crippen molar-refractivity contribution in [2.75, 3.05) is 0 Å². The molecule has 0 unspecified atom stereocenters.